The van der Waals surface area contributed by atoms with E-state index < -0.39 is 0 Å². The second kappa shape index (κ2) is 8.33. The fourth-order valence-corrected chi connectivity index (χ4v) is 3.56. The number of aromatic amines is 1. The Morgan fingerprint density at radius 2 is 1.93 bits per heavy atom. The quantitative estimate of drug-likeness (QED) is 0.663. The number of rotatable bonds is 7. The Balaban J connectivity index is 1.85. The van der Waals surface area contributed by atoms with Crippen LogP contribution in [0.5, 0.6) is 0 Å². The number of furan rings is 1. The van der Waals surface area contributed by atoms with Crippen molar-refractivity contribution in [2.75, 3.05) is 18.5 Å². The molecule has 0 aliphatic carbocycles. The fourth-order valence-electron chi connectivity index (χ4n) is 3.56. The van der Waals surface area contributed by atoms with Gasteiger partial charge in [0, 0.05) is 35.9 Å². The molecule has 0 saturated carbocycles. The molecule has 1 aromatic carbocycles. The molecular formula is C22H27N3O3. The second-order valence-electron chi connectivity index (χ2n) is 7.63. The molecule has 2 heterocycles. The molecule has 1 atom stereocenters. The van der Waals surface area contributed by atoms with E-state index in [1.165, 1.54) is 11.2 Å². The average Bonchev–Trinajstić information content (AvgIpc) is 3.31. The fraction of sp³-hybridized carbons (Fsp3) is 0.364. The smallest absolute Gasteiger partial charge is 0.289 e. The molecule has 0 spiro atoms. The maximum absolute atomic E-state index is 13.2. The van der Waals surface area contributed by atoms with Crippen molar-refractivity contribution in [2.45, 2.75) is 33.2 Å². The molecule has 28 heavy (non-hydrogen) atoms. The summed E-state index contributed by atoms with van der Waals surface area (Å²) < 4.78 is 5.16. The Morgan fingerprint density at radius 3 is 2.61 bits per heavy atom. The van der Waals surface area contributed by atoms with Gasteiger partial charge in [-0.2, -0.15) is 0 Å². The number of likely N-dealkylation sites (N-methyl/N-ethyl adjacent to an activating group) is 1. The summed E-state index contributed by atoms with van der Waals surface area (Å²) in [5, 5.41) is 1.05. The molecule has 0 fully saturated rings. The molecule has 0 aliphatic rings. The number of aromatic nitrogens is 1. The molecule has 0 saturated heterocycles. The second-order valence-corrected chi connectivity index (χ2v) is 7.63. The first kappa shape index (κ1) is 19.7. The predicted molar refractivity (Wildman–Crippen MR) is 110 cm³/mol. The molecule has 1 unspecified atom stereocenters. The molecule has 6 heteroatoms. The van der Waals surface area contributed by atoms with Gasteiger partial charge in [-0.25, -0.2) is 0 Å². The van der Waals surface area contributed by atoms with Gasteiger partial charge in [-0.1, -0.05) is 13.8 Å². The number of carbonyl (C=O) groups is 2. The van der Waals surface area contributed by atoms with Crippen LogP contribution in [0, 0.1) is 5.92 Å². The maximum atomic E-state index is 13.2. The molecule has 6 nitrogen and oxygen atoms in total. The molecule has 2 amide bonds. The lowest BCUT2D eigenvalue weighted by atomic mass is 10.0. The van der Waals surface area contributed by atoms with Crippen molar-refractivity contribution in [3.05, 3.63) is 54.6 Å². The van der Waals surface area contributed by atoms with Gasteiger partial charge in [0.25, 0.3) is 5.91 Å². The number of hydrogen-bond acceptors (Lipinski definition) is 3. The van der Waals surface area contributed by atoms with Crippen molar-refractivity contribution in [1.82, 2.24) is 9.88 Å². The van der Waals surface area contributed by atoms with Gasteiger partial charge in [0.2, 0.25) is 5.91 Å². The summed E-state index contributed by atoms with van der Waals surface area (Å²) in [6.07, 6.45) is 4.20. The van der Waals surface area contributed by atoms with Gasteiger partial charge in [-0.15, -0.1) is 0 Å². The van der Waals surface area contributed by atoms with Gasteiger partial charge in [0.05, 0.1) is 6.26 Å². The van der Waals surface area contributed by atoms with Crippen LogP contribution in [0.25, 0.3) is 10.9 Å². The van der Waals surface area contributed by atoms with Crippen LogP contribution in [-0.2, 0) is 4.79 Å². The van der Waals surface area contributed by atoms with Crippen LogP contribution >= 0.6 is 0 Å². The molecule has 3 rings (SSSR count). The van der Waals surface area contributed by atoms with E-state index in [0.717, 1.165) is 23.0 Å². The number of fused-ring (bicyclic) bond motifs is 1. The van der Waals surface area contributed by atoms with Crippen molar-refractivity contribution in [3.8, 4) is 0 Å². The molecule has 2 aromatic heterocycles. The van der Waals surface area contributed by atoms with Gasteiger partial charge >= 0.3 is 0 Å². The third-order valence-corrected chi connectivity index (χ3v) is 4.79. The van der Waals surface area contributed by atoms with Gasteiger partial charge in [-0.05, 0) is 55.7 Å². The summed E-state index contributed by atoms with van der Waals surface area (Å²) in [6.45, 7) is 6.31. The monoisotopic (exact) mass is 381 g/mol. The molecule has 0 radical (unpaired) electrons. The molecule has 3 aromatic rings. The highest BCUT2D eigenvalue weighted by atomic mass is 16.3. The first-order valence-electron chi connectivity index (χ1n) is 9.55. The van der Waals surface area contributed by atoms with E-state index >= 15 is 0 Å². The van der Waals surface area contributed by atoms with Crippen LogP contribution in [0.2, 0.25) is 0 Å². The maximum Gasteiger partial charge on any atom is 0.289 e. The molecule has 0 aliphatic heterocycles. The van der Waals surface area contributed by atoms with E-state index in [9.17, 15) is 9.59 Å². The number of amides is 2. The summed E-state index contributed by atoms with van der Waals surface area (Å²) in [4.78, 5) is 32.0. The summed E-state index contributed by atoms with van der Waals surface area (Å²) in [6, 6.07) is 11.2. The molecule has 0 bridgehead atoms. The first-order valence-corrected chi connectivity index (χ1v) is 9.55. The zero-order chi connectivity index (χ0) is 20.3. The van der Waals surface area contributed by atoms with Crippen LogP contribution in [0.4, 0.5) is 5.69 Å². The van der Waals surface area contributed by atoms with Gasteiger partial charge in [0.1, 0.15) is 6.54 Å². The predicted octanol–water partition coefficient (Wildman–Crippen LogP) is 4.30. The largest absolute Gasteiger partial charge is 0.459 e. The average molecular weight is 381 g/mol. The molecular weight excluding hydrogens is 354 g/mol. The third-order valence-electron chi connectivity index (χ3n) is 4.79. The highest BCUT2D eigenvalue weighted by Crippen LogP contribution is 2.25. The third kappa shape index (κ3) is 4.27. The van der Waals surface area contributed by atoms with E-state index in [1.54, 1.807) is 24.1 Å². The molecule has 1 N–H and O–H groups in total. The van der Waals surface area contributed by atoms with E-state index in [1.807, 2.05) is 37.4 Å². The lowest BCUT2D eigenvalue weighted by molar-refractivity contribution is -0.119. The Labute approximate surface area is 165 Å². The minimum atomic E-state index is -0.309. The standard InChI is InChI=1S/C22H27N3O3/c1-15(2)12-16(3)25(18-7-8-19-17(13-18)9-10-23-19)21(26)14-24(4)22(27)20-6-5-11-28-20/h5-11,13,15-16,23H,12,14H2,1-4H3. The summed E-state index contributed by atoms with van der Waals surface area (Å²) >= 11 is 0. The summed E-state index contributed by atoms with van der Waals surface area (Å²) in [7, 11) is 1.61. The number of anilines is 1. The van der Waals surface area contributed by atoms with Gasteiger partial charge in [0.15, 0.2) is 5.76 Å². The molecule has 148 valence electrons. The number of carbonyl (C=O) groups excluding carboxylic acids is 2. The summed E-state index contributed by atoms with van der Waals surface area (Å²) in [5.74, 6) is 0.246. The normalized spacial score (nSPS) is 12.3. The van der Waals surface area contributed by atoms with Crippen LogP contribution in [0.1, 0.15) is 37.7 Å². The number of H-pyrrole nitrogens is 1. The Morgan fingerprint density at radius 1 is 1.14 bits per heavy atom. The minimum Gasteiger partial charge on any atom is -0.459 e. The zero-order valence-electron chi connectivity index (χ0n) is 16.8. The van der Waals surface area contributed by atoms with Crippen molar-refractivity contribution in [3.63, 3.8) is 0 Å². The minimum absolute atomic E-state index is 0.0102. The van der Waals surface area contributed by atoms with E-state index in [0.29, 0.717) is 5.92 Å². The van der Waals surface area contributed by atoms with E-state index in [2.05, 4.69) is 18.8 Å². The lowest BCUT2D eigenvalue weighted by Gasteiger charge is -2.32. The number of hydrogen-bond donors (Lipinski definition) is 1. The van der Waals surface area contributed by atoms with Crippen LogP contribution in [-0.4, -0.2) is 41.3 Å². The SMILES string of the molecule is CC(C)CC(C)N(C(=O)CN(C)C(=O)c1ccco1)c1ccc2[nH]ccc2c1. The first-order chi connectivity index (χ1) is 13.4. The van der Waals surface area contributed by atoms with Crippen LogP contribution in [0.3, 0.4) is 0 Å². The Hall–Kier alpha value is -3.02. The van der Waals surface area contributed by atoms with Crippen LogP contribution < -0.4 is 4.90 Å². The number of nitrogens with one attached hydrogen (secondary N) is 1. The number of benzene rings is 1. The Kier molecular flexibility index (Phi) is 5.87. The van der Waals surface area contributed by atoms with Crippen molar-refractivity contribution in [1.29, 1.82) is 0 Å². The van der Waals surface area contributed by atoms with Crippen LogP contribution in [0.15, 0.2) is 53.3 Å². The van der Waals surface area contributed by atoms with Gasteiger partial charge in [-0.3, -0.25) is 9.59 Å². The van der Waals surface area contributed by atoms with Crippen molar-refractivity contribution < 1.29 is 14.0 Å². The number of nitrogens with zero attached hydrogens (tertiary/aromatic N) is 2. The van der Waals surface area contributed by atoms with E-state index in [-0.39, 0.29) is 30.2 Å². The van der Waals surface area contributed by atoms with Gasteiger partial charge < -0.3 is 19.2 Å². The zero-order valence-corrected chi connectivity index (χ0v) is 16.8. The lowest BCUT2D eigenvalue weighted by Crippen LogP contribution is -2.45. The van der Waals surface area contributed by atoms with Crippen molar-refractivity contribution in [2.24, 2.45) is 5.92 Å². The topological polar surface area (TPSA) is 69.6 Å². The Bertz CT molecular complexity index is 943. The highest BCUT2D eigenvalue weighted by molar-refractivity contribution is 6.00. The van der Waals surface area contributed by atoms with Crippen molar-refractivity contribution >= 4 is 28.4 Å². The highest BCUT2D eigenvalue weighted by Gasteiger charge is 2.26. The summed E-state index contributed by atoms with van der Waals surface area (Å²) in [5.41, 5.74) is 1.86. The van der Waals surface area contributed by atoms with E-state index in [4.69, 9.17) is 4.42 Å².